The molecule has 0 aliphatic heterocycles. The first-order valence-corrected chi connectivity index (χ1v) is 9.17. The summed E-state index contributed by atoms with van der Waals surface area (Å²) in [6, 6.07) is 4.00. The van der Waals surface area contributed by atoms with Crippen LogP contribution in [0, 0.1) is 13.8 Å². The number of rotatable bonds is 7. The maximum Gasteiger partial charge on any atom is 0.294 e. The summed E-state index contributed by atoms with van der Waals surface area (Å²) in [4.78, 5) is 17.1. The lowest BCUT2D eigenvalue weighted by Crippen LogP contribution is -2.29. The summed E-state index contributed by atoms with van der Waals surface area (Å²) >= 11 is 10.5. The molecule has 2 rings (SSSR count). The fourth-order valence-corrected chi connectivity index (χ4v) is 3.25. The van der Waals surface area contributed by atoms with E-state index in [-0.39, 0.29) is 22.6 Å². The standard InChI is InChI=1S/C18H24ClN3O2S/c1-5-14(9-24-4)22-8-15(19)20-17(18(22)23)21-16-11(2)6-13(10-25)7-12(16)3/h6-8,14,25H,5,9-10H2,1-4H3,(H,20,21). The van der Waals surface area contributed by atoms with Gasteiger partial charge in [0.05, 0.1) is 12.6 Å². The van der Waals surface area contributed by atoms with Crippen molar-refractivity contribution in [3.05, 3.63) is 50.5 Å². The van der Waals surface area contributed by atoms with Gasteiger partial charge in [-0.25, -0.2) is 4.98 Å². The molecule has 1 atom stereocenters. The lowest BCUT2D eigenvalue weighted by molar-refractivity contribution is 0.151. The van der Waals surface area contributed by atoms with Crippen LogP contribution in [0.4, 0.5) is 11.5 Å². The number of benzene rings is 1. The van der Waals surface area contributed by atoms with Crippen LogP contribution in [-0.2, 0) is 10.5 Å². The van der Waals surface area contributed by atoms with E-state index < -0.39 is 0 Å². The molecular weight excluding hydrogens is 358 g/mol. The molecule has 1 aromatic heterocycles. The number of methoxy groups -OCH3 is 1. The Labute approximate surface area is 158 Å². The van der Waals surface area contributed by atoms with E-state index in [1.807, 2.05) is 32.9 Å². The molecular formula is C18H24ClN3O2S. The smallest absolute Gasteiger partial charge is 0.294 e. The van der Waals surface area contributed by atoms with Crippen molar-refractivity contribution in [1.29, 1.82) is 0 Å². The molecule has 2 aromatic rings. The van der Waals surface area contributed by atoms with Crippen LogP contribution in [0.2, 0.25) is 5.15 Å². The number of halogens is 1. The molecule has 136 valence electrons. The third kappa shape index (κ3) is 4.57. The minimum absolute atomic E-state index is 0.0905. The fourth-order valence-electron chi connectivity index (χ4n) is 2.88. The van der Waals surface area contributed by atoms with Crippen LogP contribution >= 0.6 is 24.2 Å². The van der Waals surface area contributed by atoms with Crippen molar-refractivity contribution in [1.82, 2.24) is 9.55 Å². The molecule has 0 saturated carbocycles. The van der Waals surface area contributed by atoms with E-state index >= 15 is 0 Å². The van der Waals surface area contributed by atoms with E-state index in [1.165, 1.54) is 0 Å². The van der Waals surface area contributed by atoms with Crippen molar-refractivity contribution in [2.75, 3.05) is 19.0 Å². The highest BCUT2D eigenvalue weighted by molar-refractivity contribution is 7.79. The number of nitrogens with one attached hydrogen (secondary N) is 1. The topological polar surface area (TPSA) is 56.1 Å². The Balaban J connectivity index is 2.48. The second-order valence-corrected chi connectivity index (χ2v) is 6.73. The molecule has 1 N–H and O–H groups in total. The Morgan fingerprint density at radius 3 is 2.52 bits per heavy atom. The van der Waals surface area contributed by atoms with Gasteiger partial charge in [-0.15, -0.1) is 0 Å². The van der Waals surface area contributed by atoms with Gasteiger partial charge in [0.25, 0.3) is 5.56 Å². The highest BCUT2D eigenvalue weighted by Gasteiger charge is 2.16. The Morgan fingerprint density at radius 2 is 2.00 bits per heavy atom. The van der Waals surface area contributed by atoms with Crippen LogP contribution < -0.4 is 10.9 Å². The summed E-state index contributed by atoms with van der Waals surface area (Å²) in [6.45, 7) is 6.42. The lowest BCUT2D eigenvalue weighted by Gasteiger charge is -2.19. The van der Waals surface area contributed by atoms with Crippen molar-refractivity contribution in [3.63, 3.8) is 0 Å². The highest BCUT2D eigenvalue weighted by atomic mass is 35.5. The van der Waals surface area contributed by atoms with Crippen molar-refractivity contribution in [2.24, 2.45) is 0 Å². The first-order chi connectivity index (χ1) is 11.9. The van der Waals surface area contributed by atoms with Crippen molar-refractivity contribution >= 4 is 35.7 Å². The highest BCUT2D eigenvalue weighted by Crippen LogP contribution is 2.25. The molecule has 0 bridgehead atoms. The zero-order chi connectivity index (χ0) is 18.6. The molecule has 0 spiro atoms. The number of aryl methyl sites for hydroxylation is 2. The second-order valence-electron chi connectivity index (χ2n) is 6.03. The van der Waals surface area contributed by atoms with Crippen molar-refractivity contribution in [3.8, 4) is 0 Å². The van der Waals surface area contributed by atoms with Crippen LogP contribution in [-0.4, -0.2) is 23.3 Å². The zero-order valence-corrected chi connectivity index (χ0v) is 16.6. The molecule has 1 unspecified atom stereocenters. The largest absolute Gasteiger partial charge is 0.383 e. The van der Waals surface area contributed by atoms with E-state index in [4.69, 9.17) is 16.3 Å². The molecule has 5 nitrogen and oxygen atoms in total. The van der Waals surface area contributed by atoms with Gasteiger partial charge in [-0.2, -0.15) is 12.6 Å². The van der Waals surface area contributed by atoms with Gasteiger partial charge in [-0.1, -0.05) is 30.7 Å². The summed E-state index contributed by atoms with van der Waals surface area (Å²) in [5.41, 5.74) is 3.84. The van der Waals surface area contributed by atoms with Gasteiger partial charge < -0.3 is 14.6 Å². The van der Waals surface area contributed by atoms with Gasteiger partial charge >= 0.3 is 0 Å². The van der Waals surface area contributed by atoms with Gasteiger partial charge in [0.2, 0.25) is 0 Å². The van der Waals surface area contributed by atoms with Crippen molar-refractivity contribution < 1.29 is 4.74 Å². The Morgan fingerprint density at radius 1 is 1.36 bits per heavy atom. The number of hydrogen-bond acceptors (Lipinski definition) is 5. The lowest BCUT2D eigenvalue weighted by atomic mass is 10.1. The molecule has 1 aromatic carbocycles. The molecule has 7 heteroatoms. The van der Waals surface area contributed by atoms with E-state index in [1.54, 1.807) is 17.9 Å². The van der Waals surface area contributed by atoms with Gasteiger partial charge in [0, 0.05) is 24.7 Å². The monoisotopic (exact) mass is 381 g/mol. The molecule has 0 fully saturated rings. The van der Waals surface area contributed by atoms with Crippen molar-refractivity contribution in [2.45, 2.75) is 39.0 Å². The predicted molar refractivity (Wildman–Crippen MR) is 107 cm³/mol. The summed E-state index contributed by atoms with van der Waals surface area (Å²) < 4.78 is 6.81. The maximum atomic E-state index is 12.9. The minimum Gasteiger partial charge on any atom is -0.383 e. The third-order valence-corrected chi connectivity index (χ3v) is 4.69. The van der Waals surface area contributed by atoms with Gasteiger partial charge in [0.15, 0.2) is 5.82 Å². The molecule has 0 saturated heterocycles. The Bertz CT molecular complexity index is 784. The summed E-state index contributed by atoms with van der Waals surface area (Å²) in [7, 11) is 1.62. The number of nitrogens with zero attached hydrogens (tertiary/aromatic N) is 2. The maximum absolute atomic E-state index is 12.9. The number of anilines is 2. The van der Waals surface area contributed by atoms with E-state index in [9.17, 15) is 4.79 Å². The first kappa shape index (κ1) is 19.8. The Kier molecular flexibility index (Phi) is 6.93. The Hall–Kier alpha value is -1.50. The fraction of sp³-hybridized carbons (Fsp3) is 0.444. The predicted octanol–water partition coefficient (Wildman–Crippen LogP) is 4.28. The molecule has 0 aliphatic carbocycles. The van der Waals surface area contributed by atoms with Crippen LogP contribution in [0.15, 0.2) is 23.1 Å². The average Bonchev–Trinajstić information content (AvgIpc) is 2.58. The average molecular weight is 382 g/mol. The van der Waals surface area contributed by atoms with Crippen LogP contribution in [0.25, 0.3) is 0 Å². The second kappa shape index (κ2) is 8.74. The summed E-state index contributed by atoms with van der Waals surface area (Å²) in [5, 5.41) is 3.43. The molecule has 25 heavy (non-hydrogen) atoms. The quantitative estimate of drug-likeness (QED) is 0.702. The van der Waals surface area contributed by atoms with E-state index in [2.05, 4.69) is 22.9 Å². The molecule has 1 heterocycles. The SMILES string of the molecule is CCC(COC)n1cc(Cl)nc(Nc2c(C)cc(CS)cc2C)c1=O. The number of thiol groups is 1. The minimum atomic E-state index is -0.217. The third-order valence-electron chi connectivity index (χ3n) is 4.14. The van der Waals surface area contributed by atoms with Crippen LogP contribution in [0.3, 0.4) is 0 Å². The number of ether oxygens (including phenoxy) is 1. The zero-order valence-electron chi connectivity index (χ0n) is 15.0. The summed E-state index contributed by atoms with van der Waals surface area (Å²) in [5.74, 6) is 0.881. The van der Waals surface area contributed by atoms with Gasteiger partial charge in [-0.3, -0.25) is 4.79 Å². The van der Waals surface area contributed by atoms with Gasteiger partial charge in [0.1, 0.15) is 5.15 Å². The molecule has 0 radical (unpaired) electrons. The van der Waals surface area contributed by atoms with Gasteiger partial charge in [-0.05, 0) is 37.0 Å². The summed E-state index contributed by atoms with van der Waals surface area (Å²) in [6.07, 6.45) is 2.31. The number of hydrogen-bond donors (Lipinski definition) is 2. The molecule has 0 amide bonds. The number of aromatic nitrogens is 2. The van der Waals surface area contributed by atoms with Crippen LogP contribution in [0.1, 0.15) is 36.1 Å². The van der Waals surface area contributed by atoms with E-state index in [0.717, 1.165) is 28.8 Å². The molecule has 0 aliphatic rings. The first-order valence-electron chi connectivity index (χ1n) is 8.16. The normalized spacial score (nSPS) is 12.2. The van der Waals surface area contributed by atoms with Crippen LogP contribution in [0.5, 0.6) is 0 Å². The van der Waals surface area contributed by atoms with E-state index in [0.29, 0.717) is 12.4 Å².